The molecule has 0 bridgehead atoms. The van der Waals surface area contributed by atoms with E-state index in [1.807, 2.05) is 55.5 Å². The molecule has 2 aromatic rings. The summed E-state index contributed by atoms with van der Waals surface area (Å²) >= 11 is 6.27. The number of halogens is 1. The Morgan fingerprint density at radius 3 is 2.73 bits per heavy atom. The van der Waals surface area contributed by atoms with Gasteiger partial charge < -0.3 is 10.1 Å². The number of rotatable bonds is 6. The third-order valence-corrected chi connectivity index (χ3v) is 5.03. The van der Waals surface area contributed by atoms with Gasteiger partial charge in [-0.05, 0) is 62.2 Å². The Morgan fingerprint density at radius 1 is 1.23 bits per heavy atom. The van der Waals surface area contributed by atoms with E-state index in [1.54, 1.807) is 0 Å². The second kappa shape index (κ2) is 9.06. The van der Waals surface area contributed by atoms with E-state index in [9.17, 15) is 4.79 Å². The highest BCUT2D eigenvalue weighted by Gasteiger charge is 2.26. The van der Waals surface area contributed by atoms with Gasteiger partial charge in [0.15, 0.2) is 0 Å². The summed E-state index contributed by atoms with van der Waals surface area (Å²) in [6.07, 6.45) is 1.94. The van der Waals surface area contributed by atoms with Crippen molar-refractivity contribution >= 4 is 23.2 Å². The SMILES string of the molecule is CCOc1ccc(NC(=O)[C@@H]2CCCN(Cc3ccccc3Cl)C2)cc1. The van der Waals surface area contributed by atoms with E-state index in [0.717, 1.165) is 54.5 Å². The summed E-state index contributed by atoms with van der Waals surface area (Å²) < 4.78 is 5.43. The van der Waals surface area contributed by atoms with Gasteiger partial charge in [-0.25, -0.2) is 0 Å². The lowest BCUT2D eigenvalue weighted by Gasteiger charge is -2.32. The normalized spacial score (nSPS) is 17.7. The van der Waals surface area contributed by atoms with Gasteiger partial charge in [-0.15, -0.1) is 0 Å². The molecule has 3 rings (SSSR count). The van der Waals surface area contributed by atoms with E-state index in [0.29, 0.717) is 6.61 Å². The van der Waals surface area contributed by atoms with Gasteiger partial charge >= 0.3 is 0 Å². The van der Waals surface area contributed by atoms with E-state index in [-0.39, 0.29) is 11.8 Å². The number of hydrogen-bond donors (Lipinski definition) is 1. The number of benzene rings is 2. The number of anilines is 1. The highest BCUT2D eigenvalue weighted by atomic mass is 35.5. The summed E-state index contributed by atoms with van der Waals surface area (Å²) in [6.45, 7) is 5.13. The minimum absolute atomic E-state index is 0.00203. The molecule has 4 nitrogen and oxygen atoms in total. The summed E-state index contributed by atoms with van der Waals surface area (Å²) in [6, 6.07) is 15.4. The molecule has 2 aromatic carbocycles. The first-order valence-corrected chi connectivity index (χ1v) is 9.53. The number of nitrogens with one attached hydrogen (secondary N) is 1. The first kappa shape index (κ1) is 18.7. The molecule has 1 N–H and O–H groups in total. The predicted octanol–water partition coefficient (Wildman–Crippen LogP) is 4.59. The van der Waals surface area contributed by atoms with Crippen molar-refractivity contribution in [3.05, 3.63) is 59.1 Å². The van der Waals surface area contributed by atoms with Crippen molar-refractivity contribution in [2.75, 3.05) is 25.0 Å². The first-order valence-electron chi connectivity index (χ1n) is 9.15. The Morgan fingerprint density at radius 2 is 2.00 bits per heavy atom. The van der Waals surface area contributed by atoms with E-state index in [2.05, 4.69) is 10.2 Å². The third kappa shape index (κ3) is 4.99. The number of ether oxygens (including phenoxy) is 1. The molecule has 0 radical (unpaired) electrons. The molecule has 0 saturated carbocycles. The van der Waals surface area contributed by atoms with E-state index >= 15 is 0 Å². The summed E-state index contributed by atoms with van der Waals surface area (Å²) in [4.78, 5) is 15.0. The first-order chi connectivity index (χ1) is 12.7. The van der Waals surface area contributed by atoms with Crippen molar-refractivity contribution in [2.45, 2.75) is 26.3 Å². The molecular formula is C21H25ClN2O2. The van der Waals surface area contributed by atoms with Crippen molar-refractivity contribution < 1.29 is 9.53 Å². The van der Waals surface area contributed by atoms with Gasteiger partial charge in [-0.2, -0.15) is 0 Å². The fraction of sp³-hybridized carbons (Fsp3) is 0.381. The molecule has 0 aromatic heterocycles. The van der Waals surface area contributed by atoms with Crippen molar-refractivity contribution in [1.29, 1.82) is 0 Å². The lowest BCUT2D eigenvalue weighted by Crippen LogP contribution is -2.40. The maximum atomic E-state index is 12.6. The maximum Gasteiger partial charge on any atom is 0.228 e. The fourth-order valence-corrected chi connectivity index (χ4v) is 3.52. The number of hydrogen-bond acceptors (Lipinski definition) is 3. The highest BCUT2D eigenvalue weighted by molar-refractivity contribution is 6.31. The van der Waals surface area contributed by atoms with E-state index in [4.69, 9.17) is 16.3 Å². The quantitative estimate of drug-likeness (QED) is 0.806. The second-order valence-corrected chi connectivity index (χ2v) is 7.02. The summed E-state index contributed by atoms with van der Waals surface area (Å²) in [7, 11) is 0. The number of nitrogens with zero attached hydrogens (tertiary/aromatic N) is 1. The molecule has 1 fully saturated rings. The van der Waals surface area contributed by atoms with Crippen LogP contribution in [-0.2, 0) is 11.3 Å². The monoisotopic (exact) mass is 372 g/mol. The van der Waals surface area contributed by atoms with Crippen LogP contribution >= 0.6 is 11.6 Å². The predicted molar refractivity (Wildman–Crippen MR) is 106 cm³/mol. The molecule has 5 heteroatoms. The number of carbonyl (C=O) groups is 1. The molecule has 1 aliphatic heterocycles. The fourth-order valence-electron chi connectivity index (χ4n) is 3.33. The zero-order valence-electron chi connectivity index (χ0n) is 15.1. The van der Waals surface area contributed by atoms with Crippen LogP contribution in [0.15, 0.2) is 48.5 Å². The van der Waals surface area contributed by atoms with Crippen LogP contribution in [0.1, 0.15) is 25.3 Å². The number of carbonyl (C=O) groups excluding carboxylic acids is 1. The average Bonchev–Trinajstić information content (AvgIpc) is 2.66. The molecule has 0 unspecified atom stereocenters. The van der Waals surface area contributed by atoms with E-state index in [1.165, 1.54) is 0 Å². The second-order valence-electron chi connectivity index (χ2n) is 6.61. The molecule has 26 heavy (non-hydrogen) atoms. The Bertz CT molecular complexity index is 733. The molecule has 0 aliphatic carbocycles. The van der Waals surface area contributed by atoms with Crippen LogP contribution in [0.2, 0.25) is 5.02 Å². The summed E-state index contributed by atoms with van der Waals surface area (Å²) in [5.74, 6) is 0.893. The van der Waals surface area contributed by atoms with E-state index < -0.39 is 0 Å². The van der Waals surface area contributed by atoms with Gasteiger partial charge in [-0.3, -0.25) is 9.69 Å². The standard InChI is InChI=1S/C21H25ClN2O2/c1-2-26-19-11-9-18(10-12-19)23-21(25)17-7-5-13-24(15-17)14-16-6-3-4-8-20(16)22/h3-4,6,8-12,17H,2,5,7,13-15H2,1H3,(H,23,25)/t17-/m1/s1. The van der Waals surface area contributed by atoms with Crippen molar-refractivity contribution in [3.8, 4) is 5.75 Å². The van der Waals surface area contributed by atoms with Gasteiger partial charge in [0.1, 0.15) is 5.75 Å². The smallest absolute Gasteiger partial charge is 0.228 e. The summed E-state index contributed by atoms with van der Waals surface area (Å²) in [5.41, 5.74) is 1.92. The van der Waals surface area contributed by atoms with Crippen molar-refractivity contribution in [1.82, 2.24) is 4.90 Å². The summed E-state index contributed by atoms with van der Waals surface area (Å²) in [5, 5.41) is 3.82. The van der Waals surface area contributed by atoms with Gasteiger partial charge in [0.2, 0.25) is 5.91 Å². The maximum absolute atomic E-state index is 12.6. The van der Waals surface area contributed by atoms with Crippen LogP contribution < -0.4 is 10.1 Å². The Kier molecular flexibility index (Phi) is 6.53. The third-order valence-electron chi connectivity index (χ3n) is 4.66. The Labute approximate surface area is 160 Å². The largest absolute Gasteiger partial charge is 0.494 e. The van der Waals surface area contributed by atoms with Gasteiger partial charge in [0.25, 0.3) is 0 Å². The lowest BCUT2D eigenvalue weighted by molar-refractivity contribution is -0.121. The van der Waals surface area contributed by atoms with Gasteiger partial charge in [-0.1, -0.05) is 29.8 Å². The van der Waals surface area contributed by atoms with Crippen LogP contribution in [-0.4, -0.2) is 30.5 Å². The molecule has 1 atom stereocenters. The molecular weight excluding hydrogens is 348 g/mol. The van der Waals surface area contributed by atoms with Crippen molar-refractivity contribution in [2.24, 2.45) is 5.92 Å². The number of piperidine rings is 1. The molecule has 1 amide bonds. The molecule has 1 heterocycles. The minimum atomic E-state index is -0.00203. The van der Waals surface area contributed by atoms with Gasteiger partial charge in [0.05, 0.1) is 12.5 Å². The molecule has 1 saturated heterocycles. The molecule has 138 valence electrons. The van der Waals surface area contributed by atoms with Crippen LogP contribution in [0.5, 0.6) is 5.75 Å². The molecule has 0 spiro atoms. The Hall–Kier alpha value is -2.04. The Balaban J connectivity index is 1.56. The van der Waals surface area contributed by atoms with Crippen molar-refractivity contribution in [3.63, 3.8) is 0 Å². The number of amides is 1. The minimum Gasteiger partial charge on any atom is -0.494 e. The zero-order valence-corrected chi connectivity index (χ0v) is 15.8. The number of likely N-dealkylation sites (tertiary alicyclic amines) is 1. The van der Waals surface area contributed by atoms with Crippen LogP contribution in [0.3, 0.4) is 0 Å². The van der Waals surface area contributed by atoms with Gasteiger partial charge in [0, 0.05) is 23.8 Å². The van der Waals surface area contributed by atoms with Crippen LogP contribution in [0.4, 0.5) is 5.69 Å². The van der Waals surface area contributed by atoms with Crippen LogP contribution in [0, 0.1) is 5.92 Å². The topological polar surface area (TPSA) is 41.6 Å². The highest BCUT2D eigenvalue weighted by Crippen LogP contribution is 2.23. The zero-order chi connectivity index (χ0) is 18.4. The van der Waals surface area contributed by atoms with Crippen LogP contribution in [0.25, 0.3) is 0 Å². The average molecular weight is 373 g/mol. The molecule has 1 aliphatic rings. The lowest BCUT2D eigenvalue weighted by atomic mass is 9.96.